The summed E-state index contributed by atoms with van der Waals surface area (Å²) >= 11 is 0. The van der Waals surface area contributed by atoms with Crippen LogP contribution in [0.3, 0.4) is 0 Å². The molecule has 1 aromatic carbocycles. The van der Waals surface area contributed by atoms with Gasteiger partial charge in [0.2, 0.25) is 0 Å². The molecule has 116 valence electrons. The Labute approximate surface area is 127 Å². The summed E-state index contributed by atoms with van der Waals surface area (Å²) in [6.45, 7) is 0.744. The van der Waals surface area contributed by atoms with Crippen molar-refractivity contribution in [3.63, 3.8) is 0 Å². The number of nitrogen functional groups attached to an aromatic ring is 1. The third-order valence-corrected chi connectivity index (χ3v) is 5.01. The molecule has 0 spiro atoms. The summed E-state index contributed by atoms with van der Waals surface area (Å²) in [4.78, 5) is 4.07. The Morgan fingerprint density at radius 1 is 1.32 bits per heavy atom. The molecule has 1 aliphatic carbocycles. The van der Waals surface area contributed by atoms with Gasteiger partial charge in [0.25, 0.3) is 0 Å². The quantitative estimate of drug-likeness (QED) is 0.926. The number of rotatable bonds is 2. The maximum Gasteiger partial charge on any atom is 0.165 e. The molecule has 2 fully saturated rings. The van der Waals surface area contributed by atoms with Crippen molar-refractivity contribution >= 4 is 16.7 Å². The molecular formula is C17H18F2N2O. The Morgan fingerprint density at radius 2 is 2.18 bits per heavy atom. The molecule has 1 saturated carbocycles. The first-order valence-electron chi connectivity index (χ1n) is 7.72. The van der Waals surface area contributed by atoms with Gasteiger partial charge < -0.3 is 10.5 Å². The average Bonchev–Trinajstić information content (AvgIpc) is 3.04. The summed E-state index contributed by atoms with van der Waals surface area (Å²) in [5.41, 5.74) is 7.17. The molecule has 1 aromatic heterocycles. The second-order valence-electron chi connectivity index (χ2n) is 6.39. The van der Waals surface area contributed by atoms with Crippen LogP contribution in [-0.2, 0) is 11.2 Å². The number of anilines is 1. The molecule has 2 aliphatic rings. The van der Waals surface area contributed by atoms with Gasteiger partial charge in [0.1, 0.15) is 6.17 Å². The molecule has 1 saturated heterocycles. The highest BCUT2D eigenvalue weighted by molar-refractivity contribution is 5.80. The zero-order valence-electron chi connectivity index (χ0n) is 12.1. The maximum absolute atomic E-state index is 14.3. The molecule has 4 atom stereocenters. The van der Waals surface area contributed by atoms with Crippen molar-refractivity contribution in [2.75, 3.05) is 12.3 Å². The summed E-state index contributed by atoms with van der Waals surface area (Å²) in [6.07, 6.45) is 1.43. The van der Waals surface area contributed by atoms with E-state index in [1.165, 1.54) is 6.07 Å². The first-order valence-corrected chi connectivity index (χ1v) is 7.72. The molecule has 0 radical (unpaired) electrons. The predicted molar refractivity (Wildman–Crippen MR) is 80.7 cm³/mol. The van der Waals surface area contributed by atoms with Gasteiger partial charge in [-0.05, 0) is 42.9 Å². The minimum Gasteiger partial charge on any atom is -0.381 e. The Balaban J connectivity index is 1.62. The van der Waals surface area contributed by atoms with Crippen molar-refractivity contribution in [3.8, 4) is 0 Å². The molecule has 4 unspecified atom stereocenters. The highest BCUT2D eigenvalue weighted by Gasteiger charge is 2.46. The van der Waals surface area contributed by atoms with E-state index in [4.69, 9.17) is 10.5 Å². The SMILES string of the molecule is Nc1nc2cc(CC3C(F)CC4CCOC43)ccc2cc1F. The van der Waals surface area contributed by atoms with Crippen LogP contribution >= 0.6 is 0 Å². The first-order chi connectivity index (χ1) is 10.6. The molecule has 2 heterocycles. The third kappa shape index (κ3) is 2.24. The molecular weight excluding hydrogens is 286 g/mol. The topological polar surface area (TPSA) is 48.1 Å². The van der Waals surface area contributed by atoms with Crippen LogP contribution in [0.4, 0.5) is 14.6 Å². The van der Waals surface area contributed by atoms with E-state index >= 15 is 0 Å². The number of nitrogens with two attached hydrogens (primary N) is 1. The number of alkyl halides is 1. The minimum absolute atomic E-state index is 0.0388. The van der Waals surface area contributed by atoms with Crippen LogP contribution in [0.1, 0.15) is 18.4 Å². The fraction of sp³-hybridized carbons (Fsp3) is 0.471. The summed E-state index contributed by atoms with van der Waals surface area (Å²) in [6, 6.07) is 6.98. The summed E-state index contributed by atoms with van der Waals surface area (Å²) in [7, 11) is 0. The monoisotopic (exact) mass is 304 g/mol. The maximum atomic E-state index is 14.3. The molecule has 1 aliphatic heterocycles. The molecule has 0 amide bonds. The standard InChI is InChI=1S/C17H18F2N2O/c18-13-8-11-3-4-22-16(11)12(13)5-9-1-2-10-7-14(19)17(20)21-15(10)6-9/h1-2,6-7,11-13,16H,3-5,8H2,(H2,20,21). The number of nitrogens with zero attached hydrogens (tertiary/aromatic N) is 1. The second-order valence-corrected chi connectivity index (χ2v) is 6.39. The fourth-order valence-electron chi connectivity index (χ4n) is 3.90. The Bertz CT molecular complexity index is 721. The van der Waals surface area contributed by atoms with E-state index in [0.717, 1.165) is 18.6 Å². The predicted octanol–water partition coefficient (Wildman–Crippen LogP) is 3.26. The molecule has 22 heavy (non-hydrogen) atoms. The molecule has 2 N–H and O–H groups in total. The number of ether oxygens (including phenoxy) is 1. The number of aromatic nitrogens is 1. The van der Waals surface area contributed by atoms with Crippen molar-refractivity contribution in [2.45, 2.75) is 31.5 Å². The van der Waals surface area contributed by atoms with Crippen molar-refractivity contribution in [1.82, 2.24) is 4.98 Å². The number of halogens is 2. The van der Waals surface area contributed by atoms with Crippen LogP contribution in [0.25, 0.3) is 10.9 Å². The minimum atomic E-state index is -0.808. The van der Waals surface area contributed by atoms with Crippen molar-refractivity contribution < 1.29 is 13.5 Å². The van der Waals surface area contributed by atoms with Gasteiger partial charge in [0.15, 0.2) is 11.6 Å². The summed E-state index contributed by atoms with van der Waals surface area (Å²) in [5.74, 6) is -0.346. The van der Waals surface area contributed by atoms with E-state index in [2.05, 4.69) is 4.98 Å². The first kappa shape index (κ1) is 13.9. The van der Waals surface area contributed by atoms with Crippen LogP contribution < -0.4 is 5.73 Å². The lowest BCUT2D eigenvalue weighted by molar-refractivity contribution is 0.0494. The zero-order valence-corrected chi connectivity index (χ0v) is 12.1. The Hall–Kier alpha value is -1.75. The van der Waals surface area contributed by atoms with E-state index in [1.54, 1.807) is 0 Å². The fourth-order valence-corrected chi connectivity index (χ4v) is 3.90. The van der Waals surface area contributed by atoms with Crippen LogP contribution in [0, 0.1) is 17.7 Å². The normalized spacial score (nSPS) is 30.8. The van der Waals surface area contributed by atoms with Gasteiger partial charge in [-0.25, -0.2) is 13.8 Å². The Morgan fingerprint density at radius 3 is 3.05 bits per heavy atom. The lowest BCUT2D eigenvalue weighted by atomic mass is 9.93. The van der Waals surface area contributed by atoms with Crippen molar-refractivity contribution in [3.05, 3.63) is 35.6 Å². The second kappa shape index (κ2) is 5.16. The van der Waals surface area contributed by atoms with E-state index in [-0.39, 0.29) is 17.8 Å². The largest absolute Gasteiger partial charge is 0.381 e. The van der Waals surface area contributed by atoms with E-state index in [1.807, 2.05) is 18.2 Å². The van der Waals surface area contributed by atoms with E-state index < -0.39 is 12.0 Å². The molecule has 3 nitrogen and oxygen atoms in total. The zero-order chi connectivity index (χ0) is 15.3. The molecule has 0 bridgehead atoms. The van der Waals surface area contributed by atoms with Crippen molar-refractivity contribution in [1.29, 1.82) is 0 Å². The van der Waals surface area contributed by atoms with Gasteiger partial charge in [0, 0.05) is 17.9 Å². The van der Waals surface area contributed by atoms with Gasteiger partial charge >= 0.3 is 0 Å². The van der Waals surface area contributed by atoms with Crippen LogP contribution in [0.2, 0.25) is 0 Å². The van der Waals surface area contributed by atoms with Crippen LogP contribution in [-0.4, -0.2) is 23.9 Å². The summed E-state index contributed by atoms with van der Waals surface area (Å²) < 4.78 is 33.4. The average molecular weight is 304 g/mol. The van der Waals surface area contributed by atoms with Gasteiger partial charge in [-0.1, -0.05) is 12.1 Å². The summed E-state index contributed by atoms with van der Waals surface area (Å²) in [5, 5.41) is 0.702. The lowest BCUT2D eigenvalue weighted by Gasteiger charge is -2.20. The third-order valence-electron chi connectivity index (χ3n) is 5.01. The van der Waals surface area contributed by atoms with Crippen molar-refractivity contribution in [2.24, 2.45) is 11.8 Å². The molecule has 5 heteroatoms. The number of fused-ring (bicyclic) bond motifs is 2. The van der Waals surface area contributed by atoms with E-state index in [0.29, 0.717) is 29.7 Å². The van der Waals surface area contributed by atoms with E-state index in [9.17, 15) is 8.78 Å². The number of hydrogen-bond donors (Lipinski definition) is 1. The van der Waals surface area contributed by atoms with Gasteiger partial charge in [-0.3, -0.25) is 0 Å². The van der Waals surface area contributed by atoms with Crippen LogP contribution in [0.15, 0.2) is 24.3 Å². The number of hydrogen-bond acceptors (Lipinski definition) is 3. The van der Waals surface area contributed by atoms with Gasteiger partial charge in [-0.15, -0.1) is 0 Å². The van der Waals surface area contributed by atoms with Gasteiger partial charge in [-0.2, -0.15) is 0 Å². The van der Waals surface area contributed by atoms with Gasteiger partial charge in [0.05, 0.1) is 11.6 Å². The smallest absolute Gasteiger partial charge is 0.165 e. The number of pyridine rings is 1. The highest BCUT2D eigenvalue weighted by atomic mass is 19.1. The molecule has 2 aromatic rings. The Kier molecular flexibility index (Phi) is 3.26. The number of benzene rings is 1. The van der Waals surface area contributed by atoms with Crippen LogP contribution in [0.5, 0.6) is 0 Å². The lowest BCUT2D eigenvalue weighted by Crippen LogP contribution is -2.24. The molecule has 4 rings (SSSR count). The highest BCUT2D eigenvalue weighted by Crippen LogP contribution is 2.43.